The van der Waals surface area contributed by atoms with E-state index in [9.17, 15) is 14.4 Å². The molecule has 40 heavy (non-hydrogen) atoms. The normalized spacial score (nSPS) is 14.8. The zero-order valence-electron chi connectivity index (χ0n) is 22.2. The number of ether oxygens (including phenoxy) is 2. The maximum atomic E-state index is 13.6. The van der Waals surface area contributed by atoms with Gasteiger partial charge < -0.3 is 14.8 Å². The van der Waals surface area contributed by atoms with Crippen molar-refractivity contribution in [3.8, 4) is 5.75 Å². The first kappa shape index (κ1) is 26.8. The van der Waals surface area contributed by atoms with Gasteiger partial charge in [0, 0.05) is 5.69 Å². The summed E-state index contributed by atoms with van der Waals surface area (Å²) in [6.07, 6.45) is 1.78. The topological polar surface area (TPSA) is 99.0 Å². The number of hydrogen-bond acceptors (Lipinski definition) is 7. The Morgan fingerprint density at radius 1 is 1.02 bits per heavy atom. The van der Waals surface area contributed by atoms with E-state index in [2.05, 4.69) is 10.3 Å². The Hall–Kier alpha value is -4.76. The summed E-state index contributed by atoms with van der Waals surface area (Å²) in [5.41, 5.74) is 3.94. The number of amides is 1. The van der Waals surface area contributed by atoms with Crippen LogP contribution in [0.25, 0.3) is 6.08 Å². The first-order chi connectivity index (χ1) is 19.3. The standard InChI is InChI=1S/C31H27N3O5S/c1-19-8-7-11-23(16-19)33-26(35)18-39-24-14-12-21(13-15-24)17-25-29(36)34-28(22-9-5-4-6-10-22)27(30(37)38-3)20(2)32-31(34)40-25/h4-17,28H,18H2,1-3H3,(H,33,35). The van der Waals surface area contributed by atoms with E-state index < -0.39 is 12.0 Å². The second-order valence-electron chi connectivity index (χ2n) is 9.26. The number of hydrogen-bond donors (Lipinski definition) is 1. The molecule has 1 unspecified atom stereocenters. The molecule has 2 heterocycles. The highest BCUT2D eigenvalue weighted by molar-refractivity contribution is 7.07. The van der Waals surface area contributed by atoms with Crippen LogP contribution in [0.15, 0.2) is 99.9 Å². The Morgan fingerprint density at radius 3 is 2.48 bits per heavy atom. The van der Waals surface area contributed by atoms with E-state index in [1.165, 1.54) is 18.4 Å². The summed E-state index contributed by atoms with van der Waals surface area (Å²) in [5.74, 6) is -0.252. The van der Waals surface area contributed by atoms with Crippen molar-refractivity contribution < 1.29 is 19.1 Å². The molecule has 0 radical (unpaired) electrons. The number of carbonyl (C=O) groups is 2. The van der Waals surface area contributed by atoms with E-state index in [0.717, 1.165) is 16.7 Å². The van der Waals surface area contributed by atoms with Gasteiger partial charge in [-0.05, 0) is 60.9 Å². The van der Waals surface area contributed by atoms with E-state index in [0.29, 0.717) is 32.0 Å². The summed E-state index contributed by atoms with van der Waals surface area (Å²) in [5, 5.41) is 2.81. The predicted octanol–water partition coefficient (Wildman–Crippen LogP) is 3.73. The zero-order chi connectivity index (χ0) is 28.2. The summed E-state index contributed by atoms with van der Waals surface area (Å²) >= 11 is 1.26. The first-order valence-electron chi connectivity index (χ1n) is 12.6. The number of thiazole rings is 1. The van der Waals surface area contributed by atoms with Gasteiger partial charge in [0.25, 0.3) is 11.5 Å². The maximum Gasteiger partial charge on any atom is 0.338 e. The third-order valence-electron chi connectivity index (χ3n) is 6.39. The van der Waals surface area contributed by atoms with Crippen LogP contribution in [0.1, 0.15) is 29.7 Å². The molecule has 4 aromatic rings. The number of fused-ring (bicyclic) bond motifs is 1. The van der Waals surface area contributed by atoms with E-state index >= 15 is 0 Å². The van der Waals surface area contributed by atoms with Crippen LogP contribution in [-0.4, -0.2) is 30.2 Å². The number of rotatable bonds is 7. The number of nitrogens with one attached hydrogen (secondary N) is 1. The molecule has 0 spiro atoms. The fourth-order valence-electron chi connectivity index (χ4n) is 4.52. The second-order valence-corrected chi connectivity index (χ2v) is 10.3. The zero-order valence-corrected chi connectivity index (χ0v) is 23.0. The minimum atomic E-state index is -0.645. The summed E-state index contributed by atoms with van der Waals surface area (Å²) in [6, 6.07) is 23.4. The highest BCUT2D eigenvalue weighted by Gasteiger charge is 2.32. The van der Waals surface area contributed by atoms with Crippen LogP contribution in [0.4, 0.5) is 5.69 Å². The van der Waals surface area contributed by atoms with E-state index in [1.807, 2.05) is 73.7 Å². The molecular weight excluding hydrogens is 526 g/mol. The third kappa shape index (κ3) is 5.64. The van der Waals surface area contributed by atoms with Gasteiger partial charge in [-0.25, -0.2) is 9.79 Å². The van der Waals surface area contributed by atoms with E-state index in [-0.39, 0.29) is 18.1 Å². The van der Waals surface area contributed by atoms with Crippen molar-refractivity contribution in [3.63, 3.8) is 0 Å². The predicted molar refractivity (Wildman–Crippen MR) is 154 cm³/mol. The third-order valence-corrected chi connectivity index (χ3v) is 7.37. The van der Waals surface area contributed by atoms with E-state index in [1.54, 1.807) is 29.7 Å². The lowest BCUT2D eigenvalue weighted by molar-refractivity contribution is -0.136. The van der Waals surface area contributed by atoms with Gasteiger partial charge >= 0.3 is 5.97 Å². The Kier molecular flexibility index (Phi) is 7.75. The Labute approximate surface area is 234 Å². The molecule has 9 heteroatoms. The summed E-state index contributed by atoms with van der Waals surface area (Å²) in [4.78, 5) is 43.7. The lowest BCUT2D eigenvalue weighted by atomic mass is 9.96. The van der Waals surface area contributed by atoms with Gasteiger partial charge in [0.05, 0.1) is 29.0 Å². The van der Waals surface area contributed by atoms with Crippen LogP contribution in [-0.2, 0) is 14.3 Å². The molecule has 0 saturated carbocycles. The minimum absolute atomic E-state index is 0.132. The van der Waals surface area contributed by atoms with Crippen molar-refractivity contribution in [2.45, 2.75) is 19.9 Å². The smallest absolute Gasteiger partial charge is 0.338 e. The summed E-state index contributed by atoms with van der Waals surface area (Å²) in [6.45, 7) is 3.57. The van der Waals surface area contributed by atoms with Crippen molar-refractivity contribution >= 4 is 35.0 Å². The molecular formula is C31H27N3O5S. The van der Waals surface area contributed by atoms with Gasteiger partial charge in [-0.3, -0.25) is 14.2 Å². The van der Waals surface area contributed by atoms with Crippen LogP contribution < -0.4 is 24.9 Å². The van der Waals surface area contributed by atoms with Gasteiger partial charge in [0.15, 0.2) is 11.4 Å². The van der Waals surface area contributed by atoms with Gasteiger partial charge in [-0.2, -0.15) is 0 Å². The van der Waals surface area contributed by atoms with Gasteiger partial charge in [0.2, 0.25) is 0 Å². The van der Waals surface area contributed by atoms with E-state index in [4.69, 9.17) is 9.47 Å². The average Bonchev–Trinajstić information content (AvgIpc) is 3.25. The molecule has 0 bridgehead atoms. The Morgan fingerprint density at radius 2 is 1.77 bits per heavy atom. The number of anilines is 1. The lowest BCUT2D eigenvalue weighted by Gasteiger charge is -2.24. The average molecular weight is 554 g/mol. The van der Waals surface area contributed by atoms with Crippen molar-refractivity contribution in [1.82, 2.24) is 4.57 Å². The Bertz CT molecular complexity index is 1790. The molecule has 1 aromatic heterocycles. The molecule has 0 fully saturated rings. The summed E-state index contributed by atoms with van der Waals surface area (Å²) in [7, 11) is 1.32. The molecule has 5 rings (SSSR count). The van der Waals surface area contributed by atoms with Crippen molar-refractivity contribution in [2.75, 3.05) is 19.0 Å². The van der Waals surface area contributed by atoms with Crippen LogP contribution in [0, 0.1) is 6.92 Å². The number of benzene rings is 3. The van der Waals surface area contributed by atoms with Crippen LogP contribution in [0.3, 0.4) is 0 Å². The molecule has 0 aliphatic carbocycles. The Balaban J connectivity index is 1.38. The number of allylic oxidation sites excluding steroid dienone is 1. The minimum Gasteiger partial charge on any atom is -0.484 e. The highest BCUT2D eigenvalue weighted by atomic mass is 32.1. The van der Waals surface area contributed by atoms with Gasteiger partial charge in [-0.1, -0.05) is 65.9 Å². The largest absolute Gasteiger partial charge is 0.484 e. The molecule has 1 N–H and O–H groups in total. The molecule has 3 aromatic carbocycles. The maximum absolute atomic E-state index is 13.6. The molecule has 1 aliphatic rings. The van der Waals surface area contributed by atoms with Crippen LogP contribution in [0.2, 0.25) is 0 Å². The monoisotopic (exact) mass is 553 g/mol. The molecule has 202 valence electrons. The molecule has 8 nitrogen and oxygen atoms in total. The quantitative estimate of drug-likeness (QED) is 0.352. The lowest BCUT2D eigenvalue weighted by Crippen LogP contribution is -2.39. The van der Waals surface area contributed by atoms with Crippen molar-refractivity contribution in [1.29, 1.82) is 0 Å². The van der Waals surface area contributed by atoms with Gasteiger partial charge in [-0.15, -0.1) is 0 Å². The summed E-state index contributed by atoms with van der Waals surface area (Å²) < 4.78 is 12.7. The number of aryl methyl sites for hydroxylation is 1. The number of nitrogens with zero attached hydrogens (tertiary/aromatic N) is 2. The number of carbonyl (C=O) groups excluding carboxylic acids is 2. The fourth-order valence-corrected chi connectivity index (χ4v) is 5.57. The van der Waals surface area contributed by atoms with Crippen molar-refractivity contribution in [3.05, 3.63) is 127 Å². The number of esters is 1. The molecule has 1 aliphatic heterocycles. The first-order valence-corrected chi connectivity index (χ1v) is 13.4. The number of methoxy groups -OCH3 is 1. The SMILES string of the molecule is COC(=O)C1=C(C)N=c2sc(=Cc3ccc(OCC(=O)Nc4cccc(C)c4)cc3)c(=O)n2C1c1ccccc1. The van der Waals surface area contributed by atoms with Crippen molar-refractivity contribution in [2.24, 2.45) is 4.99 Å². The molecule has 0 saturated heterocycles. The van der Waals surface area contributed by atoms with Crippen LogP contribution >= 0.6 is 11.3 Å². The molecule has 1 amide bonds. The highest BCUT2D eigenvalue weighted by Crippen LogP contribution is 2.30. The van der Waals surface area contributed by atoms with Crippen LogP contribution in [0.5, 0.6) is 5.75 Å². The van der Waals surface area contributed by atoms with Gasteiger partial charge in [0.1, 0.15) is 5.75 Å². The number of aromatic nitrogens is 1. The molecule has 1 atom stereocenters. The second kappa shape index (κ2) is 11.5. The fraction of sp³-hybridized carbons (Fsp3) is 0.161.